The van der Waals surface area contributed by atoms with Crippen molar-refractivity contribution < 1.29 is 23.0 Å². The lowest BCUT2D eigenvalue weighted by atomic mass is 9.81. The average molecular weight is 389 g/mol. The number of hydrogen-bond acceptors (Lipinski definition) is 4. The number of ether oxygens (including phenoxy) is 1. The largest absolute Gasteiger partial charge is 0.573 e. The molecule has 1 N–H and O–H groups in total. The van der Waals surface area contributed by atoms with Gasteiger partial charge in [-0.25, -0.2) is 0 Å². The number of nitrogens with zero attached hydrogens (tertiary/aromatic N) is 1. The average Bonchev–Trinajstić information content (AvgIpc) is 2.76. The summed E-state index contributed by atoms with van der Waals surface area (Å²) in [5, 5.41) is 11.7. The molecule has 1 unspecified atom stereocenters. The Balaban J connectivity index is 1.91. The van der Waals surface area contributed by atoms with Gasteiger partial charge in [0.15, 0.2) is 0 Å². The summed E-state index contributed by atoms with van der Waals surface area (Å²) in [6.07, 6.45) is -1.48. The Morgan fingerprint density at radius 3 is 2.48 bits per heavy atom. The van der Waals surface area contributed by atoms with E-state index in [0.29, 0.717) is 16.0 Å². The first kappa shape index (κ1) is 17.9. The molecule has 1 aliphatic rings. The minimum absolute atomic E-state index is 0.225. The molecule has 0 amide bonds. The first-order valence-corrected chi connectivity index (χ1v) is 8.96. The molecule has 0 saturated heterocycles. The lowest BCUT2D eigenvalue weighted by Crippen LogP contribution is -2.30. The van der Waals surface area contributed by atoms with Crippen LogP contribution in [0.1, 0.15) is 16.7 Å². The molecule has 1 aliphatic heterocycles. The van der Waals surface area contributed by atoms with E-state index >= 15 is 0 Å². The molecule has 138 valence electrons. The molecule has 0 fully saturated rings. The first-order chi connectivity index (χ1) is 12.9. The predicted molar refractivity (Wildman–Crippen MR) is 94.6 cm³/mol. The predicted octanol–water partition coefficient (Wildman–Crippen LogP) is 4.92. The Morgan fingerprint density at radius 1 is 1.00 bits per heavy atom. The third-order valence-corrected chi connectivity index (χ3v) is 5.62. The van der Waals surface area contributed by atoms with E-state index in [1.165, 1.54) is 23.9 Å². The quantitative estimate of drug-likeness (QED) is 0.675. The summed E-state index contributed by atoms with van der Waals surface area (Å²) in [6, 6.07) is 15.0. The Morgan fingerprint density at radius 2 is 1.74 bits per heavy atom. The second-order valence-electron chi connectivity index (χ2n) is 6.19. The first-order valence-electron chi connectivity index (χ1n) is 8.14. The normalized spacial score (nSPS) is 19.0. The number of alkyl halides is 3. The summed E-state index contributed by atoms with van der Waals surface area (Å²) in [5.41, 5.74) is 0.330. The van der Waals surface area contributed by atoms with Crippen molar-refractivity contribution in [2.45, 2.75) is 28.2 Å². The highest BCUT2D eigenvalue weighted by molar-refractivity contribution is 7.99. The fourth-order valence-corrected chi connectivity index (χ4v) is 4.37. The molecule has 0 aliphatic carbocycles. The van der Waals surface area contributed by atoms with E-state index < -0.39 is 12.0 Å². The number of pyridine rings is 1. The van der Waals surface area contributed by atoms with Crippen LogP contribution in [-0.2, 0) is 12.0 Å². The number of aliphatic hydroxyl groups is 1. The number of aromatic nitrogens is 1. The van der Waals surface area contributed by atoms with Crippen molar-refractivity contribution in [3.8, 4) is 5.75 Å². The molecular formula is C20H14F3NO2S. The maximum Gasteiger partial charge on any atom is 0.573 e. The Labute approximate surface area is 157 Å². The molecule has 1 atom stereocenters. The van der Waals surface area contributed by atoms with E-state index in [1.54, 1.807) is 30.6 Å². The summed E-state index contributed by atoms with van der Waals surface area (Å²) in [7, 11) is 0. The van der Waals surface area contributed by atoms with Crippen LogP contribution in [0, 0.1) is 0 Å². The van der Waals surface area contributed by atoms with Gasteiger partial charge in [-0.15, -0.1) is 13.2 Å². The van der Waals surface area contributed by atoms with Crippen LogP contribution in [0.15, 0.2) is 76.8 Å². The highest BCUT2D eigenvalue weighted by atomic mass is 32.2. The summed E-state index contributed by atoms with van der Waals surface area (Å²) in [5.74, 6) is -0.361. The van der Waals surface area contributed by atoms with Crippen molar-refractivity contribution in [3.05, 3.63) is 83.7 Å². The van der Waals surface area contributed by atoms with Gasteiger partial charge in [-0.2, -0.15) is 0 Å². The van der Waals surface area contributed by atoms with E-state index in [-0.39, 0.29) is 12.2 Å². The van der Waals surface area contributed by atoms with Crippen molar-refractivity contribution in [1.29, 1.82) is 0 Å². The van der Waals surface area contributed by atoms with Crippen LogP contribution in [0.25, 0.3) is 0 Å². The molecule has 0 saturated carbocycles. The van der Waals surface area contributed by atoms with Crippen LogP contribution in [0.2, 0.25) is 0 Å². The van der Waals surface area contributed by atoms with Gasteiger partial charge in [0.05, 0.1) is 0 Å². The van der Waals surface area contributed by atoms with E-state index in [1.807, 2.05) is 24.3 Å². The lowest BCUT2D eigenvalue weighted by molar-refractivity contribution is -0.274. The fraction of sp³-hybridized carbons (Fsp3) is 0.150. The van der Waals surface area contributed by atoms with E-state index in [4.69, 9.17) is 0 Å². The summed E-state index contributed by atoms with van der Waals surface area (Å²) < 4.78 is 42.1. The standard InChI is InChI=1S/C20H14F3NO2S/c21-20(22,23)26-15-5-6-18-16(11-15)19(25,14-7-9-24-10-8-14)12-13-3-1-2-4-17(13)27-18/h1-11,25H,12H2. The highest BCUT2D eigenvalue weighted by Crippen LogP contribution is 2.47. The van der Waals surface area contributed by atoms with E-state index in [0.717, 1.165) is 10.5 Å². The van der Waals surface area contributed by atoms with Crippen LogP contribution in [-0.4, -0.2) is 16.5 Å². The molecule has 0 radical (unpaired) electrons. The number of fused-ring (bicyclic) bond motifs is 2. The minimum atomic E-state index is -4.80. The third kappa shape index (κ3) is 3.52. The van der Waals surface area contributed by atoms with Crippen LogP contribution < -0.4 is 4.74 Å². The smallest absolute Gasteiger partial charge is 0.406 e. The van der Waals surface area contributed by atoms with Crippen LogP contribution in [0.4, 0.5) is 13.2 Å². The summed E-state index contributed by atoms with van der Waals surface area (Å²) in [4.78, 5) is 5.60. The maximum absolute atomic E-state index is 12.7. The summed E-state index contributed by atoms with van der Waals surface area (Å²) >= 11 is 1.41. The van der Waals surface area contributed by atoms with Gasteiger partial charge in [0.25, 0.3) is 0 Å². The van der Waals surface area contributed by atoms with Crippen LogP contribution in [0.3, 0.4) is 0 Å². The lowest BCUT2D eigenvalue weighted by Gasteiger charge is -2.30. The molecule has 4 rings (SSSR count). The van der Waals surface area contributed by atoms with Crippen molar-refractivity contribution in [2.24, 2.45) is 0 Å². The van der Waals surface area contributed by atoms with Gasteiger partial charge in [0.2, 0.25) is 0 Å². The molecule has 27 heavy (non-hydrogen) atoms. The molecule has 3 aromatic rings. The number of rotatable bonds is 2. The Bertz CT molecular complexity index is 978. The zero-order valence-electron chi connectivity index (χ0n) is 13.9. The molecule has 7 heteroatoms. The van der Waals surface area contributed by atoms with Gasteiger partial charge in [0.1, 0.15) is 11.4 Å². The van der Waals surface area contributed by atoms with Gasteiger partial charge in [-0.1, -0.05) is 30.0 Å². The topological polar surface area (TPSA) is 42.4 Å². The third-order valence-electron chi connectivity index (χ3n) is 4.43. The van der Waals surface area contributed by atoms with Gasteiger partial charge in [0, 0.05) is 34.2 Å². The molecule has 1 aromatic heterocycles. The second-order valence-corrected chi connectivity index (χ2v) is 7.27. The SMILES string of the molecule is OC1(c2ccncc2)Cc2ccccc2Sc2ccc(OC(F)(F)F)cc21. The number of halogens is 3. The Kier molecular flexibility index (Phi) is 4.36. The molecule has 3 nitrogen and oxygen atoms in total. The Hall–Kier alpha value is -2.51. The van der Waals surface area contributed by atoms with Gasteiger partial charge in [-0.3, -0.25) is 4.98 Å². The van der Waals surface area contributed by atoms with Gasteiger partial charge < -0.3 is 9.84 Å². The molecular weight excluding hydrogens is 375 g/mol. The molecule has 0 spiro atoms. The van der Waals surface area contributed by atoms with Crippen LogP contribution >= 0.6 is 11.8 Å². The minimum Gasteiger partial charge on any atom is -0.406 e. The molecule has 2 aromatic carbocycles. The highest BCUT2D eigenvalue weighted by Gasteiger charge is 2.38. The van der Waals surface area contributed by atoms with Crippen molar-refractivity contribution >= 4 is 11.8 Å². The van der Waals surface area contributed by atoms with E-state index in [9.17, 15) is 18.3 Å². The van der Waals surface area contributed by atoms with Gasteiger partial charge in [-0.05, 0) is 47.5 Å². The number of hydrogen-bond donors (Lipinski definition) is 1. The van der Waals surface area contributed by atoms with Crippen molar-refractivity contribution in [1.82, 2.24) is 4.98 Å². The fourth-order valence-electron chi connectivity index (χ4n) is 3.24. The zero-order chi connectivity index (χ0) is 19.1. The second kappa shape index (κ2) is 6.58. The van der Waals surface area contributed by atoms with Crippen molar-refractivity contribution in [3.63, 3.8) is 0 Å². The van der Waals surface area contributed by atoms with E-state index in [2.05, 4.69) is 9.72 Å². The summed E-state index contributed by atoms with van der Waals surface area (Å²) in [6.45, 7) is 0. The molecule has 2 heterocycles. The van der Waals surface area contributed by atoms with Gasteiger partial charge >= 0.3 is 6.36 Å². The number of benzene rings is 2. The monoisotopic (exact) mass is 389 g/mol. The van der Waals surface area contributed by atoms with Crippen molar-refractivity contribution in [2.75, 3.05) is 0 Å². The van der Waals surface area contributed by atoms with Crippen LogP contribution in [0.5, 0.6) is 5.75 Å². The molecule has 0 bridgehead atoms. The zero-order valence-corrected chi connectivity index (χ0v) is 14.7. The maximum atomic E-state index is 12.7.